The van der Waals surface area contributed by atoms with Crippen LogP contribution in [0.4, 0.5) is 0 Å². The fourth-order valence-corrected chi connectivity index (χ4v) is 1.81. The van der Waals surface area contributed by atoms with Gasteiger partial charge in [-0.05, 0) is 23.8 Å². The van der Waals surface area contributed by atoms with Gasteiger partial charge >= 0.3 is 0 Å². The minimum Gasteiger partial charge on any atom is -0.473 e. The van der Waals surface area contributed by atoms with Crippen LogP contribution in [0.3, 0.4) is 0 Å². The molecule has 0 N–H and O–H groups in total. The highest BCUT2D eigenvalue weighted by atomic mass is 79.9. The second-order valence-corrected chi connectivity index (χ2v) is 4.85. The highest BCUT2D eigenvalue weighted by molar-refractivity contribution is 9.10. The first-order valence-electron chi connectivity index (χ1n) is 5.12. The van der Waals surface area contributed by atoms with E-state index in [1.165, 1.54) is 6.07 Å². The van der Waals surface area contributed by atoms with E-state index in [0.29, 0.717) is 18.1 Å². The zero-order valence-electron chi connectivity index (χ0n) is 9.23. The third-order valence-corrected chi connectivity index (χ3v) is 2.92. The lowest BCUT2D eigenvalue weighted by Gasteiger charge is -2.06. The molecule has 90 valence electrons. The minimum absolute atomic E-state index is 0.250. The number of hydrogen-bond acceptors (Lipinski definition) is 3. The van der Waals surface area contributed by atoms with Crippen molar-refractivity contribution in [2.45, 2.75) is 6.61 Å². The van der Waals surface area contributed by atoms with Crippen LogP contribution in [0.5, 0.6) is 5.88 Å². The van der Waals surface area contributed by atoms with E-state index in [-0.39, 0.29) is 5.15 Å². The van der Waals surface area contributed by atoms with Gasteiger partial charge in [-0.15, -0.1) is 0 Å². The number of ether oxygens (including phenoxy) is 1. The molecule has 0 bridgehead atoms. The summed E-state index contributed by atoms with van der Waals surface area (Å²) < 4.78 is 6.51. The molecule has 2 rings (SSSR count). The van der Waals surface area contributed by atoms with Crippen LogP contribution in [0.15, 0.2) is 40.9 Å². The molecule has 0 aliphatic rings. The van der Waals surface area contributed by atoms with Crippen molar-refractivity contribution in [3.63, 3.8) is 0 Å². The van der Waals surface area contributed by atoms with Gasteiger partial charge in [0.2, 0.25) is 5.88 Å². The lowest BCUT2D eigenvalue weighted by molar-refractivity contribution is 0.294. The summed E-state index contributed by atoms with van der Waals surface area (Å²) in [6.45, 7) is 0.380. The van der Waals surface area contributed by atoms with Crippen LogP contribution < -0.4 is 4.74 Å². The van der Waals surface area contributed by atoms with Crippen molar-refractivity contribution in [2.24, 2.45) is 0 Å². The zero-order valence-corrected chi connectivity index (χ0v) is 11.6. The minimum atomic E-state index is 0.250. The smallest absolute Gasteiger partial charge is 0.216 e. The van der Waals surface area contributed by atoms with E-state index in [1.807, 2.05) is 30.3 Å². The van der Waals surface area contributed by atoms with Crippen molar-refractivity contribution >= 4 is 27.5 Å². The van der Waals surface area contributed by atoms with Gasteiger partial charge in [-0.25, -0.2) is 4.98 Å². The first kappa shape index (κ1) is 12.9. The van der Waals surface area contributed by atoms with Crippen molar-refractivity contribution in [3.05, 3.63) is 57.2 Å². The van der Waals surface area contributed by atoms with Crippen LogP contribution >= 0.6 is 27.5 Å². The Hall–Kier alpha value is -1.57. The maximum atomic E-state index is 8.81. The molecule has 0 saturated heterocycles. The number of pyridine rings is 1. The van der Waals surface area contributed by atoms with E-state index in [2.05, 4.69) is 20.9 Å². The van der Waals surface area contributed by atoms with Gasteiger partial charge in [0.25, 0.3) is 0 Å². The number of benzene rings is 1. The molecule has 0 aliphatic heterocycles. The number of rotatable bonds is 3. The number of halogens is 2. The summed E-state index contributed by atoms with van der Waals surface area (Å²) in [5.74, 6) is 0.349. The number of nitrogens with zero attached hydrogens (tertiary/aromatic N) is 2. The normalized spacial score (nSPS) is 9.83. The Morgan fingerprint density at radius 3 is 2.67 bits per heavy atom. The highest BCUT2D eigenvalue weighted by Gasteiger charge is 2.02. The van der Waals surface area contributed by atoms with Gasteiger partial charge in [0.1, 0.15) is 11.8 Å². The summed E-state index contributed by atoms with van der Waals surface area (Å²) in [5, 5.41) is 9.05. The molecule has 1 aromatic carbocycles. The molecular weight excluding hydrogens is 316 g/mol. The third-order valence-electron chi connectivity index (χ3n) is 2.20. The van der Waals surface area contributed by atoms with Crippen molar-refractivity contribution < 1.29 is 4.74 Å². The Morgan fingerprint density at radius 2 is 2.00 bits per heavy atom. The lowest BCUT2D eigenvalue weighted by atomic mass is 10.2. The predicted molar refractivity (Wildman–Crippen MR) is 72.4 cm³/mol. The van der Waals surface area contributed by atoms with Gasteiger partial charge in [0.15, 0.2) is 0 Å². The largest absolute Gasteiger partial charge is 0.473 e. The van der Waals surface area contributed by atoms with Gasteiger partial charge in [-0.2, -0.15) is 5.26 Å². The first-order chi connectivity index (χ1) is 8.67. The fourth-order valence-electron chi connectivity index (χ4n) is 1.35. The van der Waals surface area contributed by atoms with E-state index in [9.17, 15) is 0 Å². The Morgan fingerprint density at radius 1 is 1.28 bits per heavy atom. The van der Waals surface area contributed by atoms with E-state index >= 15 is 0 Å². The number of hydrogen-bond donors (Lipinski definition) is 0. The molecule has 18 heavy (non-hydrogen) atoms. The molecule has 0 unspecified atom stereocenters. The van der Waals surface area contributed by atoms with Crippen LogP contribution in [0.2, 0.25) is 5.15 Å². The Kier molecular flexibility index (Phi) is 4.19. The monoisotopic (exact) mass is 322 g/mol. The Balaban J connectivity index is 2.08. The molecule has 5 heteroatoms. The van der Waals surface area contributed by atoms with Crippen molar-refractivity contribution in [1.82, 2.24) is 4.98 Å². The van der Waals surface area contributed by atoms with Gasteiger partial charge < -0.3 is 4.74 Å². The average Bonchev–Trinajstić information content (AvgIpc) is 2.37. The van der Waals surface area contributed by atoms with Gasteiger partial charge in [0, 0.05) is 10.5 Å². The van der Waals surface area contributed by atoms with Crippen LogP contribution in [0.25, 0.3) is 0 Å². The quantitative estimate of drug-likeness (QED) is 0.804. The average molecular weight is 324 g/mol. The van der Waals surface area contributed by atoms with Crippen LogP contribution in [-0.4, -0.2) is 4.98 Å². The van der Waals surface area contributed by atoms with E-state index in [1.54, 1.807) is 6.07 Å². The summed E-state index contributed by atoms with van der Waals surface area (Å²) in [6, 6.07) is 12.8. The van der Waals surface area contributed by atoms with E-state index in [0.717, 1.165) is 10.0 Å². The maximum Gasteiger partial charge on any atom is 0.216 e. The summed E-state index contributed by atoms with van der Waals surface area (Å²) >= 11 is 9.15. The van der Waals surface area contributed by atoms with Gasteiger partial charge in [-0.3, -0.25) is 0 Å². The number of nitriles is 1. The second kappa shape index (κ2) is 5.85. The molecule has 1 heterocycles. The molecule has 0 atom stereocenters. The predicted octanol–water partition coefficient (Wildman–Crippen LogP) is 3.95. The highest BCUT2D eigenvalue weighted by Crippen LogP contribution is 2.17. The maximum absolute atomic E-state index is 8.81. The zero-order chi connectivity index (χ0) is 13.0. The van der Waals surface area contributed by atoms with Crippen LogP contribution in [0, 0.1) is 11.3 Å². The van der Waals surface area contributed by atoms with Gasteiger partial charge in [-0.1, -0.05) is 39.7 Å². The van der Waals surface area contributed by atoms with Crippen LogP contribution in [-0.2, 0) is 6.61 Å². The summed E-state index contributed by atoms with van der Waals surface area (Å²) in [6.07, 6.45) is 0. The van der Waals surface area contributed by atoms with Gasteiger partial charge in [0.05, 0.1) is 11.6 Å². The fraction of sp³-hybridized carbons (Fsp3) is 0.0769. The molecule has 0 radical (unpaired) electrons. The molecule has 0 saturated carbocycles. The second-order valence-electron chi connectivity index (χ2n) is 3.54. The molecular formula is C13H8BrClN2O. The van der Waals surface area contributed by atoms with Crippen molar-refractivity contribution in [1.29, 1.82) is 5.26 Å². The molecule has 0 spiro atoms. The Bertz CT molecular complexity index is 593. The Labute approximate surface area is 118 Å². The molecule has 0 amide bonds. The lowest BCUT2D eigenvalue weighted by Crippen LogP contribution is -1.97. The third kappa shape index (κ3) is 3.46. The topological polar surface area (TPSA) is 45.9 Å². The van der Waals surface area contributed by atoms with Crippen molar-refractivity contribution in [2.75, 3.05) is 0 Å². The first-order valence-corrected chi connectivity index (χ1v) is 6.29. The SMILES string of the molecule is N#Cc1cc(Cl)nc(OCc2ccc(Br)cc2)c1. The summed E-state index contributed by atoms with van der Waals surface area (Å²) in [7, 11) is 0. The summed E-state index contributed by atoms with van der Waals surface area (Å²) in [5.41, 5.74) is 1.44. The molecule has 3 nitrogen and oxygen atoms in total. The van der Waals surface area contributed by atoms with E-state index < -0.39 is 0 Å². The molecule has 0 fully saturated rings. The summed E-state index contributed by atoms with van der Waals surface area (Å²) in [4.78, 5) is 4.00. The molecule has 1 aromatic heterocycles. The molecule has 0 aliphatic carbocycles. The van der Waals surface area contributed by atoms with Crippen molar-refractivity contribution in [3.8, 4) is 11.9 Å². The van der Waals surface area contributed by atoms with E-state index in [4.69, 9.17) is 21.6 Å². The number of aromatic nitrogens is 1. The standard InChI is InChI=1S/C13H8BrClN2O/c14-11-3-1-9(2-4-11)8-18-13-6-10(7-16)5-12(15)17-13/h1-6H,8H2. The molecule has 2 aromatic rings. The van der Waals surface area contributed by atoms with Crippen LogP contribution in [0.1, 0.15) is 11.1 Å².